The molecule has 1 unspecified atom stereocenters. The molecule has 0 bridgehead atoms. The summed E-state index contributed by atoms with van der Waals surface area (Å²) in [4.78, 5) is 6.13. The molecule has 0 saturated carbocycles. The summed E-state index contributed by atoms with van der Waals surface area (Å²) in [5.41, 5.74) is 3.72. The molecule has 0 radical (unpaired) electrons. The van der Waals surface area contributed by atoms with Crippen LogP contribution in [0.4, 0.5) is 0 Å². The van der Waals surface area contributed by atoms with E-state index in [-0.39, 0.29) is 0 Å². The zero-order valence-electron chi connectivity index (χ0n) is 16.0. The van der Waals surface area contributed by atoms with Gasteiger partial charge in [-0.25, -0.2) is 0 Å². The summed E-state index contributed by atoms with van der Waals surface area (Å²) in [5, 5.41) is 6.96. The van der Waals surface area contributed by atoms with E-state index in [1.807, 2.05) is 36.4 Å². The maximum atomic E-state index is 6.13. The van der Waals surface area contributed by atoms with Gasteiger partial charge >= 0.3 is 0 Å². The number of hydrogen-bond donors (Lipinski definition) is 0. The molecule has 2 nitrogen and oxygen atoms in total. The van der Waals surface area contributed by atoms with Crippen molar-refractivity contribution in [2.24, 2.45) is 5.16 Å². The highest BCUT2D eigenvalue weighted by Crippen LogP contribution is 2.38. The normalized spacial score (nSPS) is 18.7. The first-order valence-corrected chi connectivity index (χ1v) is 9.86. The molecule has 1 heterocycles. The van der Waals surface area contributed by atoms with Crippen molar-refractivity contribution in [2.45, 2.75) is 12.0 Å². The number of fused-ring (bicyclic) bond motifs is 1. The third kappa shape index (κ3) is 3.45. The largest absolute Gasteiger partial charge is 0.379 e. The van der Waals surface area contributed by atoms with Gasteiger partial charge in [0.1, 0.15) is 0 Å². The highest BCUT2D eigenvalue weighted by molar-refractivity contribution is 6.04. The number of oxime groups is 1. The minimum Gasteiger partial charge on any atom is -0.379 e. The summed E-state index contributed by atoms with van der Waals surface area (Å²) >= 11 is 0. The van der Waals surface area contributed by atoms with Crippen LogP contribution in [0.5, 0.6) is 0 Å². The number of nitrogens with zero attached hydrogens (tertiary/aromatic N) is 1. The maximum Gasteiger partial charge on any atom is 0.186 e. The topological polar surface area (TPSA) is 21.6 Å². The first-order valence-electron chi connectivity index (χ1n) is 9.86. The van der Waals surface area contributed by atoms with Crippen molar-refractivity contribution < 1.29 is 4.84 Å². The van der Waals surface area contributed by atoms with Gasteiger partial charge in [-0.1, -0.05) is 108 Å². The molecule has 140 valence electrons. The van der Waals surface area contributed by atoms with E-state index < -0.39 is 5.60 Å². The maximum absolute atomic E-state index is 6.13. The summed E-state index contributed by atoms with van der Waals surface area (Å²) in [6.07, 6.45) is 4.94. The quantitative estimate of drug-likeness (QED) is 0.395. The molecule has 1 atom stereocenters. The van der Waals surface area contributed by atoms with E-state index in [0.717, 1.165) is 22.4 Å². The van der Waals surface area contributed by atoms with Crippen LogP contribution in [0.3, 0.4) is 0 Å². The molecule has 4 aromatic rings. The van der Waals surface area contributed by atoms with E-state index in [2.05, 4.69) is 84.0 Å². The molecule has 4 aromatic carbocycles. The van der Waals surface area contributed by atoms with Gasteiger partial charge in [-0.05, 0) is 28.5 Å². The molecule has 0 N–H and O–H groups in total. The molecule has 0 aliphatic carbocycles. The van der Waals surface area contributed by atoms with Crippen LogP contribution < -0.4 is 0 Å². The second-order valence-electron chi connectivity index (χ2n) is 7.37. The molecule has 0 saturated heterocycles. The Hall–Kier alpha value is -3.65. The highest BCUT2D eigenvalue weighted by atomic mass is 16.7. The molecule has 0 spiro atoms. The van der Waals surface area contributed by atoms with Crippen LogP contribution in [0.15, 0.2) is 114 Å². The van der Waals surface area contributed by atoms with E-state index in [0.29, 0.717) is 6.42 Å². The van der Waals surface area contributed by atoms with Crippen LogP contribution in [-0.2, 0) is 10.4 Å². The lowest BCUT2D eigenvalue weighted by atomic mass is 9.86. The standard InChI is InChI=1S/C27H21NO/c1-3-9-21(10-4-1)17-18-27(25-13-5-2-6-14-25)20-26(28-29-27)24-16-15-22-11-7-8-12-23(22)19-24/h1-19H,20H2/b18-17+. The number of rotatable bonds is 4. The molecule has 0 aromatic heterocycles. The van der Waals surface area contributed by atoms with E-state index in [1.54, 1.807) is 0 Å². The van der Waals surface area contributed by atoms with Crippen LogP contribution in [0, 0.1) is 0 Å². The van der Waals surface area contributed by atoms with Crippen molar-refractivity contribution in [3.8, 4) is 0 Å². The van der Waals surface area contributed by atoms with Gasteiger partial charge in [0, 0.05) is 17.5 Å². The van der Waals surface area contributed by atoms with Gasteiger partial charge < -0.3 is 4.84 Å². The summed E-state index contributed by atoms with van der Waals surface area (Å²) in [5.74, 6) is 0. The second-order valence-corrected chi connectivity index (χ2v) is 7.37. The fourth-order valence-electron chi connectivity index (χ4n) is 3.83. The Kier molecular flexibility index (Phi) is 4.45. The first-order chi connectivity index (χ1) is 14.3. The second kappa shape index (κ2) is 7.40. The lowest BCUT2D eigenvalue weighted by molar-refractivity contribution is 0.0184. The third-order valence-electron chi connectivity index (χ3n) is 5.44. The average Bonchev–Trinajstić information content (AvgIpc) is 3.24. The van der Waals surface area contributed by atoms with Gasteiger partial charge in [0.2, 0.25) is 0 Å². The van der Waals surface area contributed by atoms with E-state index >= 15 is 0 Å². The fourth-order valence-corrected chi connectivity index (χ4v) is 3.83. The predicted molar refractivity (Wildman–Crippen MR) is 120 cm³/mol. The van der Waals surface area contributed by atoms with Gasteiger partial charge in [-0.2, -0.15) is 0 Å². The third-order valence-corrected chi connectivity index (χ3v) is 5.44. The lowest BCUT2D eigenvalue weighted by Crippen LogP contribution is -2.23. The van der Waals surface area contributed by atoms with Crippen molar-refractivity contribution in [1.82, 2.24) is 0 Å². The summed E-state index contributed by atoms with van der Waals surface area (Å²) in [7, 11) is 0. The summed E-state index contributed by atoms with van der Waals surface area (Å²) < 4.78 is 0. The van der Waals surface area contributed by atoms with Crippen molar-refractivity contribution in [3.63, 3.8) is 0 Å². The lowest BCUT2D eigenvalue weighted by Gasteiger charge is -2.23. The van der Waals surface area contributed by atoms with Crippen LogP contribution in [0.2, 0.25) is 0 Å². The molecular formula is C27H21NO. The fraction of sp³-hybridized carbons (Fsp3) is 0.0741. The Morgan fingerprint density at radius 2 is 1.41 bits per heavy atom. The van der Waals surface area contributed by atoms with Gasteiger partial charge in [-0.3, -0.25) is 0 Å². The van der Waals surface area contributed by atoms with Crippen LogP contribution in [-0.4, -0.2) is 5.71 Å². The molecule has 1 aliphatic heterocycles. The van der Waals surface area contributed by atoms with Crippen LogP contribution in [0.25, 0.3) is 16.8 Å². The minimum absolute atomic E-state index is 0.599. The van der Waals surface area contributed by atoms with Gasteiger partial charge in [0.25, 0.3) is 0 Å². The van der Waals surface area contributed by atoms with E-state index in [1.165, 1.54) is 10.8 Å². The van der Waals surface area contributed by atoms with Crippen molar-refractivity contribution in [1.29, 1.82) is 0 Å². The average molecular weight is 375 g/mol. The predicted octanol–water partition coefficient (Wildman–Crippen LogP) is 6.57. The summed E-state index contributed by atoms with van der Waals surface area (Å²) in [6, 6.07) is 35.5. The zero-order chi connectivity index (χ0) is 19.5. The van der Waals surface area contributed by atoms with E-state index in [9.17, 15) is 0 Å². The SMILES string of the molecule is C(=C\C1(c2ccccc2)CC(c2ccc3ccccc3c2)=NO1)/c1ccccc1. The van der Waals surface area contributed by atoms with Gasteiger partial charge in [-0.15, -0.1) is 0 Å². The molecular weight excluding hydrogens is 354 g/mol. The Bertz CT molecular complexity index is 1190. The van der Waals surface area contributed by atoms with Crippen LogP contribution in [0.1, 0.15) is 23.1 Å². The van der Waals surface area contributed by atoms with Gasteiger partial charge in [0.05, 0.1) is 5.71 Å². The van der Waals surface area contributed by atoms with Crippen LogP contribution >= 0.6 is 0 Å². The molecule has 5 rings (SSSR count). The van der Waals surface area contributed by atoms with Crippen molar-refractivity contribution in [3.05, 3.63) is 126 Å². The zero-order valence-corrected chi connectivity index (χ0v) is 16.0. The molecule has 1 aliphatic rings. The minimum atomic E-state index is -0.599. The molecule has 0 fully saturated rings. The Morgan fingerprint density at radius 3 is 2.21 bits per heavy atom. The Morgan fingerprint density at radius 1 is 0.724 bits per heavy atom. The molecule has 0 amide bonds. The van der Waals surface area contributed by atoms with Crippen molar-refractivity contribution in [2.75, 3.05) is 0 Å². The number of benzene rings is 4. The Balaban J connectivity index is 1.51. The first kappa shape index (κ1) is 17.4. The molecule has 2 heteroatoms. The molecule has 29 heavy (non-hydrogen) atoms. The Labute approximate surface area is 170 Å². The van der Waals surface area contributed by atoms with Crippen molar-refractivity contribution >= 4 is 22.6 Å². The highest BCUT2D eigenvalue weighted by Gasteiger charge is 2.39. The van der Waals surface area contributed by atoms with E-state index in [4.69, 9.17) is 4.84 Å². The summed E-state index contributed by atoms with van der Waals surface area (Å²) in [6.45, 7) is 0. The number of hydrogen-bond acceptors (Lipinski definition) is 2. The van der Waals surface area contributed by atoms with Gasteiger partial charge in [0.15, 0.2) is 5.60 Å². The smallest absolute Gasteiger partial charge is 0.186 e. The monoisotopic (exact) mass is 375 g/mol.